The molecule has 0 unspecified atom stereocenters. The largest absolute Gasteiger partial charge is 0.481 e. The number of carboxylic acids is 1. The number of hydrogen-bond acceptors (Lipinski definition) is 5. The number of hydrogen-bond donors (Lipinski definition) is 2. The second-order valence-electron chi connectivity index (χ2n) is 4.69. The molecule has 0 radical (unpaired) electrons. The minimum absolute atomic E-state index is 0.0666. The predicted molar refractivity (Wildman–Crippen MR) is 81.8 cm³/mol. The lowest BCUT2D eigenvalue weighted by Gasteiger charge is -2.21. The maximum Gasteiger partial charge on any atom is 0.304 e. The summed E-state index contributed by atoms with van der Waals surface area (Å²) in [6.07, 6.45) is 2.83. The molecule has 0 saturated heterocycles. The van der Waals surface area contributed by atoms with E-state index in [-0.39, 0.29) is 31.0 Å². The first-order valence-corrected chi connectivity index (χ1v) is 8.15. The molecule has 118 valence electrons. The van der Waals surface area contributed by atoms with Crippen LogP contribution in [-0.2, 0) is 14.8 Å². The lowest BCUT2D eigenvalue weighted by atomic mass is 10.2. The third-order valence-corrected chi connectivity index (χ3v) is 5.17. The van der Waals surface area contributed by atoms with E-state index in [2.05, 4.69) is 4.98 Å². The van der Waals surface area contributed by atoms with Crippen molar-refractivity contribution in [2.75, 3.05) is 19.6 Å². The summed E-state index contributed by atoms with van der Waals surface area (Å²) in [5, 5.41) is 10.0. The molecule has 8 heteroatoms. The summed E-state index contributed by atoms with van der Waals surface area (Å²) in [6, 6.07) is 6.53. The molecule has 0 fully saturated rings. The summed E-state index contributed by atoms with van der Waals surface area (Å²) in [7, 11) is -3.82. The molecule has 0 saturated carbocycles. The molecule has 2 rings (SSSR count). The van der Waals surface area contributed by atoms with Crippen molar-refractivity contribution >= 4 is 26.8 Å². The van der Waals surface area contributed by atoms with Gasteiger partial charge in [-0.15, -0.1) is 0 Å². The average Bonchev–Trinajstić information content (AvgIpc) is 2.50. The minimum atomic E-state index is -3.82. The SMILES string of the molecule is NCCN(CCC(=O)O)S(=O)(=O)c1cccc2cnccc12. The molecule has 0 bridgehead atoms. The third-order valence-electron chi connectivity index (χ3n) is 3.21. The molecule has 0 aliphatic heterocycles. The summed E-state index contributed by atoms with van der Waals surface area (Å²) < 4.78 is 26.7. The summed E-state index contributed by atoms with van der Waals surface area (Å²) in [4.78, 5) is 14.8. The number of aliphatic carboxylic acids is 1. The van der Waals surface area contributed by atoms with Crippen molar-refractivity contribution in [2.45, 2.75) is 11.3 Å². The van der Waals surface area contributed by atoms with Crippen LogP contribution in [0.4, 0.5) is 0 Å². The van der Waals surface area contributed by atoms with E-state index in [9.17, 15) is 13.2 Å². The molecule has 0 spiro atoms. The Balaban J connectivity index is 2.47. The van der Waals surface area contributed by atoms with Crippen LogP contribution >= 0.6 is 0 Å². The molecule has 0 atom stereocenters. The van der Waals surface area contributed by atoms with Gasteiger partial charge in [-0.3, -0.25) is 9.78 Å². The smallest absolute Gasteiger partial charge is 0.304 e. The zero-order chi connectivity index (χ0) is 16.2. The first-order valence-electron chi connectivity index (χ1n) is 6.71. The van der Waals surface area contributed by atoms with E-state index in [4.69, 9.17) is 10.8 Å². The van der Waals surface area contributed by atoms with Crippen molar-refractivity contribution in [1.29, 1.82) is 0 Å². The van der Waals surface area contributed by atoms with Gasteiger partial charge >= 0.3 is 5.97 Å². The predicted octanol–water partition coefficient (Wildman–Crippen LogP) is 0.659. The van der Waals surface area contributed by atoms with E-state index in [1.807, 2.05) is 0 Å². The number of nitrogens with zero attached hydrogens (tertiary/aromatic N) is 2. The Morgan fingerprint density at radius 2 is 2.05 bits per heavy atom. The summed E-state index contributed by atoms with van der Waals surface area (Å²) in [5.41, 5.74) is 5.46. The van der Waals surface area contributed by atoms with Gasteiger partial charge in [0.05, 0.1) is 11.3 Å². The average molecular weight is 323 g/mol. The van der Waals surface area contributed by atoms with E-state index in [1.54, 1.807) is 24.4 Å². The molecule has 22 heavy (non-hydrogen) atoms. The van der Waals surface area contributed by atoms with Gasteiger partial charge in [-0.05, 0) is 12.1 Å². The number of pyridine rings is 1. The van der Waals surface area contributed by atoms with Gasteiger partial charge in [-0.1, -0.05) is 12.1 Å². The number of aromatic nitrogens is 1. The summed E-state index contributed by atoms with van der Waals surface area (Å²) >= 11 is 0. The highest BCUT2D eigenvalue weighted by Crippen LogP contribution is 2.25. The quantitative estimate of drug-likeness (QED) is 0.774. The highest BCUT2D eigenvalue weighted by atomic mass is 32.2. The minimum Gasteiger partial charge on any atom is -0.481 e. The first kappa shape index (κ1) is 16.3. The first-order chi connectivity index (χ1) is 10.5. The maximum atomic E-state index is 12.8. The van der Waals surface area contributed by atoms with E-state index in [1.165, 1.54) is 12.3 Å². The molecule has 0 amide bonds. The number of benzene rings is 1. The van der Waals surface area contributed by atoms with Crippen LogP contribution in [0.5, 0.6) is 0 Å². The Hall–Kier alpha value is -2.03. The van der Waals surface area contributed by atoms with Crippen molar-refractivity contribution in [2.24, 2.45) is 5.73 Å². The van der Waals surface area contributed by atoms with Crippen LogP contribution in [0.3, 0.4) is 0 Å². The lowest BCUT2D eigenvalue weighted by Crippen LogP contribution is -2.37. The molecule has 1 aromatic carbocycles. The van der Waals surface area contributed by atoms with Crippen molar-refractivity contribution in [3.63, 3.8) is 0 Å². The fourth-order valence-corrected chi connectivity index (χ4v) is 3.84. The van der Waals surface area contributed by atoms with Gasteiger partial charge in [-0.25, -0.2) is 8.42 Å². The van der Waals surface area contributed by atoms with Gasteiger partial charge in [0.1, 0.15) is 0 Å². The monoisotopic (exact) mass is 323 g/mol. The van der Waals surface area contributed by atoms with Crippen LogP contribution in [-0.4, -0.2) is 48.4 Å². The number of sulfonamides is 1. The Labute approximate surface area is 128 Å². The van der Waals surface area contributed by atoms with Gasteiger partial charge in [0, 0.05) is 42.8 Å². The summed E-state index contributed by atoms with van der Waals surface area (Å²) in [5.74, 6) is -1.06. The van der Waals surface area contributed by atoms with Gasteiger partial charge in [0.15, 0.2) is 0 Å². The fraction of sp³-hybridized carbons (Fsp3) is 0.286. The molecule has 1 aromatic heterocycles. The van der Waals surface area contributed by atoms with Gasteiger partial charge in [-0.2, -0.15) is 4.31 Å². The van der Waals surface area contributed by atoms with Crippen LogP contribution in [0.2, 0.25) is 0 Å². The molecule has 2 aromatic rings. The Morgan fingerprint density at radius 1 is 1.27 bits per heavy atom. The van der Waals surface area contributed by atoms with Crippen LogP contribution in [0.15, 0.2) is 41.6 Å². The number of carboxylic acid groups (broad SMARTS) is 1. The Morgan fingerprint density at radius 3 is 2.73 bits per heavy atom. The third kappa shape index (κ3) is 3.41. The van der Waals surface area contributed by atoms with E-state index < -0.39 is 16.0 Å². The summed E-state index contributed by atoms with van der Waals surface area (Å²) in [6.45, 7) is 0.0680. The molecule has 0 aliphatic carbocycles. The van der Waals surface area contributed by atoms with E-state index in [0.717, 1.165) is 4.31 Å². The second-order valence-corrected chi connectivity index (χ2v) is 6.60. The fourth-order valence-electron chi connectivity index (χ4n) is 2.17. The zero-order valence-corrected chi connectivity index (χ0v) is 12.7. The maximum absolute atomic E-state index is 12.8. The van der Waals surface area contributed by atoms with Crippen LogP contribution in [0.25, 0.3) is 10.8 Å². The highest BCUT2D eigenvalue weighted by molar-refractivity contribution is 7.89. The van der Waals surface area contributed by atoms with E-state index in [0.29, 0.717) is 10.8 Å². The molecular formula is C14H17N3O4S. The topological polar surface area (TPSA) is 114 Å². The lowest BCUT2D eigenvalue weighted by molar-refractivity contribution is -0.137. The number of fused-ring (bicyclic) bond motifs is 1. The van der Waals surface area contributed by atoms with Gasteiger partial charge < -0.3 is 10.8 Å². The van der Waals surface area contributed by atoms with Gasteiger partial charge in [0.25, 0.3) is 0 Å². The van der Waals surface area contributed by atoms with Crippen molar-refractivity contribution in [1.82, 2.24) is 9.29 Å². The zero-order valence-electron chi connectivity index (χ0n) is 11.8. The molecular weight excluding hydrogens is 306 g/mol. The van der Waals surface area contributed by atoms with Crippen molar-refractivity contribution in [3.05, 3.63) is 36.7 Å². The standard InChI is InChI=1S/C14H17N3O4S/c15-6-9-17(8-5-14(18)19)22(20,21)13-3-1-2-11-10-16-7-4-12(11)13/h1-4,7,10H,5-6,8-9,15H2,(H,18,19). The normalized spacial score (nSPS) is 11.9. The number of nitrogens with two attached hydrogens (primary N) is 1. The van der Waals surface area contributed by atoms with Crippen LogP contribution in [0.1, 0.15) is 6.42 Å². The Kier molecular flexibility index (Phi) is 5.07. The van der Waals surface area contributed by atoms with Crippen LogP contribution < -0.4 is 5.73 Å². The van der Waals surface area contributed by atoms with E-state index >= 15 is 0 Å². The second kappa shape index (κ2) is 6.82. The number of carbonyl (C=O) groups is 1. The van der Waals surface area contributed by atoms with Crippen molar-refractivity contribution < 1.29 is 18.3 Å². The van der Waals surface area contributed by atoms with Crippen molar-refractivity contribution in [3.8, 4) is 0 Å². The molecule has 7 nitrogen and oxygen atoms in total. The number of rotatable bonds is 7. The molecule has 3 N–H and O–H groups in total. The Bertz CT molecular complexity index is 771. The van der Waals surface area contributed by atoms with Crippen LogP contribution in [0, 0.1) is 0 Å². The van der Waals surface area contributed by atoms with Gasteiger partial charge in [0.2, 0.25) is 10.0 Å². The molecule has 0 aliphatic rings. The highest BCUT2D eigenvalue weighted by Gasteiger charge is 2.26. The molecule has 1 heterocycles.